The first kappa shape index (κ1) is 20.4. The third kappa shape index (κ3) is 6.79. The van der Waals surface area contributed by atoms with Crippen LogP contribution in [-0.2, 0) is 9.59 Å². The summed E-state index contributed by atoms with van der Waals surface area (Å²) in [4.78, 5) is 28.2. The number of hydrogen-bond donors (Lipinski definition) is 2. The van der Waals surface area contributed by atoms with Crippen LogP contribution in [0, 0.1) is 6.92 Å². The van der Waals surface area contributed by atoms with Crippen LogP contribution in [0.5, 0.6) is 0 Å². The molecule has 144 valence electrons. The van der Waals surface area contributed by atoms with Gasteiger partial charge in [-0.2, -0.15) is 0 Å². The third-order valence-corrected chi connectivity index (χ3v) is 5.04. The van der Waals surface area contributed by atoms with E-state index in [-0.39, 0.29) is 11.8 Å². The molecule has 0 spiro atoms. The van der Waals surface area contributed by atoms with Gasteiger partial charge in [-0.15, -0.1) is 0 Å². The lowest BCUT2D eigenvalue weighted by molar-refractivity contribution is -0.884. The Kier molecular flexibility index (Phi) is 8.62. The number of hydrogen-bond acceptors (Lipinski definition) is 2. The van der Waals surface area contributed by atoms with Crippen molar-refractivity contribution < 1.29 is 14.5 Å². The molecule has 0 aromatic heterocycles. The van der Waals surface area contributed by atoms with Gasteiger partial charge in [0.25, 0.3) is 11.8 Å². The topological polar surface area (TPSA) is 53.9 Å². The summed E-state index contributed by atoms with van der Waals surface area (Å²) in [6.45, 7) is 7.40. The zero-order valence-corrected chi connectivity index (χ0v) is 16.4. The number of quaternary nitrogens is 1. The number of aryl methyl sites for hydroxylation is 1. The zero-order valence-electron chi connectivity index (χ0n) is 16.4. The maximum Gasteiger partial charge on any atom is 0.279 e. The fourth-order valence-electron chi connectivity index (χ4n) is 3.55. The van der Waals surface area contributed by atoms with Crippen molar-refractivity contribution in [1.82, 2.24) is 4.90 Å². The highest BCUT2D eigenvalue weighted by Crippen LogP contribution is 2.12. The van der Waals surface area contributed by atoms with E-state index in [1.807, 2.05) is 36.1 Å². The van der Waals surface area contributed by atoms with E-state index in [9.17, 15) is 9.59 Å². The van der Waals surface area contributed by atoms with Crippen molar-refractivity contribution in [3.63, 3.8) is 0 Å². The van der Waals surface area contributed by atoms with Crippen molar-refractivity contribution in [2.24, 2.45) is 0 Å². The van der Waals surface area contributed by atoms with Crippen LogP contribution in [0.1, 0.15) is 51.0 Å². The molecule has 2 rings (SSSR count). The van der Waals surface area contributed by atoms with Crippen LogP contribution >= 0.6 is 0 Å². The Morgan fingerprint density at radius 2 is 1.69 bits per heavy atom. The minimum Gasteiger partial charge on any atom is -0.338 e. The Bertz CT molecular complexity index is 580. The summed E-state index contributed by atoms with van der Waals surface area (Å²) in [7, 11) is 0. The largest absolute Gasteiger partial charge is 0.338 e. The van der Waals surface area contributed by atoms with Gasteiger partial charge in [-0.3, -0.25) is 9.59 Å². The van der Waals surface area contributed by atoms with E-state index in [0.29, 0.717) is 13.1 Å². The van der Waals surface area contributed by atoms with Crippen molar-refractivity contribution in [2.75, 3.05) is 38.0 Å². The van der Waals surface area contributed by atoms with E-state index < -0.39 is 0 Å². The Labute approximate surface area is 157 Å². The molecule has 2 amide bonds. The number of benzene rings is 1. The van der Waals surface area contributed by atoms with Crippen molar-refractivity contribution >= 4 is 17.5 Å². The van der Waals surface area contributed by atoms with Gasteiger partial charge >= 0.3 is 0 Å². The monoisotopic (exact) mass is 360 g/mol. The Morgan fingerprint density at radius 3 is 2.35 bits per heavy atom. The molecule has 1 aliphatic rings. The Morgan fingerprint density at radius 1 is 1.04 bits per heavy atom. The second kappa shape index (κ2) is 11.0. The number of anilines is 1. The lowest BCUT2D eigenvalue weighted by Crippen LogP contribution is -3.14. The van der Waals surface area contributed by atoms with Crippen molar-refractivity contribution in [3.05, 3.63) is 29.8 Å². The predicted octanol–water partition coefficient (Wildman–Crippen LogP) is 2.02. The molecule has 2 N–H and O–H groups in total. The molecule has 5 heteroatoms. The molecular formula is C21H34N3O2+. The molecule has 1 atom stereocenters. The van der Waals surface area contributed by atoms with Crippen LogP contribution in [0.4, 0.5) is 5.69 Å². The summed E-state index contributed by atoms with van der Waals surface area (Å²) in [5.41, 5.74) is 1.90. The number of nitrogens with zero attached hydrogens (tertiary/aromatic N) is 1. The van der Waals surface area contributed by atoms with Gasteiger partial charge in [-0.1, -0.05) is 44.4 Å². The standard InChI is InChI=1S/C21H33N3O2/c1-3-13-23(16-20(25)22-19-12-8-7-11-18(19)2)17-21(26)24-14-9-5-4-6-10-15-24/h7-8,11-12H,3-6,9-10,13-17H2,1-2H3,(H,22,25)/p+1. The zero-order chi connectivity index (χ0) is 18.8. The van der Waals surface area contributed by atoms with Gasteiger partial charge in [0, 0.05) is 18.8 Å². The van der Waals surface area contributed by atoms with E-state index in [2.05, 4.69) is 12.2 Å². The van der Waals surface area contributed by atoms with Crippen LogP contribution in [0.2, 0.25) is 0 Å². The number of para-hydroxylation sites is 1. The molecule has 0 aliphatic carbocycles. The molecule has 1 heterocycles. The predicted molar refractivity (Wildman–Crippen MR) is 105 cm³/mol. The highest BCUT2D eigenvalue weighted by Gasteiger charge is 2.22. The van der Waals surface area contributed by atoms with Gasteiger partial charge in [-0.25, -0.2) is 0 Å². The molecule has 0 saturated carbocycles. The fourth-order valence-corrected chi connectivity index (χ4v) is 3.55. The lowest BCUT2D eigenvalue weighted by atomic mass is 10.1. The van der Waals surface area contributed by atoms with Gasteiger partial charge in [0.15, 0.2) is 13.1 Å². The van der Waals surface area contributed by atoms with Crippen LogP contribution in [0.15, 0.2) is 24.3 Å². The summed E-state index contributed by atoms with van der Waals surface area (Å²) in [6.07, 6.45) is 6.88. The first-order chi connectivity index (χ1) is 12.6. The van der Waals surface area contributed by atoms with Crippen LogP contribution in [0.3, 0.4) is 0 Å². The summed E-state index contributed by atoms with van der Waals surface area (Å²) >= 11 is 0. The highest BCUT2D eigenvalue weighted by molar-refractivity contribution is 5.92. The smallest absolute Gasteiger partial charge is 0.279 e. The molecule has 0 radical (unpaired) electrons. The molecule has 1 aliphatic heterocycles. The minimum atomic E-state index is -0.0248. The molecule has 1 unspecified atom stereocenters. The number of nitrogens with one attached hydrogen (secondary N) is 2. The van der Waals surface area contributed by atoms with E-state index in [0.717, 1.165) is 55.0 Å². The van der Waals surface area contributed by atoms with Gasteiger partial charge in [0.2, 0.25) is 0 Å². The summed E-state index contributed by atoms with van der Waals surface area (Å²) in [6, 6.07) is 7.78. The number of likely N-dealkylation sites (tertiary alicyclic amines) is 1. The average molecular weight is 361 g/mol. The second-order valence-corrected chi connectivity index (χ2v) is 7.37. The minimum absolute atomic E-state index is 0.0248. The Hall–Kier alpha value is -1.88. The van der Waals surface area contributed by atoms with Crippen LogP contribution in [0.25, 0.3) is 0 Å². The maximum atomic E-state index is 12.7. The molecule has 5 nitrogen and oxygen atoms in total. The number of carbonyl (C=O) groups is 2. The van der Waals surface area contributed by atoms with E-state index in [1.165, 1.54) is 19.3 Å². The molecule has 1 fully saturated rings. The quantitative estimate of drug-likeness (QED) is 0.782. The SMILES string of the molecule is CCC[NH+](CC(=O)Nc1ccccc1C)CC(=O)N1CCCCCCC1. The van der Waals surface area contributed by atoms with Gasteiger partial charge in [0.05, 0.1) is 6.54 Å². The molecule has 1 saturated heterocycles. The molecule has 1 aromatic rings. The Balaban J connectivity index is 1.89. The van der Waals surface area contributed by atoms with Gasteiger partial charge in [-0.05, 0) is 37.8 Å². The second-order valence-electron chi connectivity index (χ2n) is 7.37. The lowest BCUT2D eigenvalue weighted by Gasteiger charge is -2.27. The average Bonchev–Trinajstić information content (AvgIpc) is 2.56. The van der Waals surface area contributed by atoms with Gasteiger partial charge in [0.1, 0.15) is 0 Å². The molecule has 0 bridgehead atoms. The molecule has 26 heavy (non-hydrogen) atoms. The maximum absolute atomic E-state index is 12.7. The van der Waals surface area contributed by atoms with Crippen molar-refractivity contribution in [3.8, 4) is 0 Å². The van der Waals surface area contributed by atoms with E-state index in [1.54, 1.807) is 0 Å². The van der Waals surface area contributed by atoms with Gasteiger partial charge < -0.3 is 15.1 Å². The van der Waals surface area contributed by atoms with Crippen LogP contribution < -0.4 is 10.2 Å². The fraction of sp³-hybridized carbons (Fsp3) is 0.619. The summed E-state index contributed by atoms with van der Waals surface area (Å²) < 4.78 is 0. The van der Waals surface area contributed by atoms with Crippen molar-refractivity contribution in [1.29, 1.82) is 0 Å². The highest BCUT2D eigenvalue weighted by atomic mass is 16.2. The normalized spacial score (nSPS) is 16.5. The number of rotatable bonds is 7. The summed E-state index contributed by atoms with van der Waals surface area (Å²) in [5.74, 6) is 0.169. The first-order valence-corrected chi connectivity index (χ1v) is 10.1. The molecule has 1 aromatic carbocycles. The first-order valence-electron chi connectivity index (χ1n) is 10.1. The van der Waals surface area contributed by atoms with E-state index in [4.69, 9.17) is 0 Å². The van der Waals surface area contributed by atoms with Crippen LogP contribution in [-0.4, -0.2) is 49.4 Å². The van der Waals surface area contributed by atoms with Crippen molar-refractivity contribution in [2.45, 2.75) is 52.4 Å². The number of amides is 2. The van der Waals surface area contributed by atoms with E-state index >= 15 is 0 Å². The molecular weight excluding hydrogens is 326 g/mol. The third-order valence-electron chi connectivity index (χ3n) is 5.04. The summed E-state index contributed by atoms with van der Waals surface area (Å²) in [5, 5.41) is 2.99. The number of carbonyl (C=O) groups excluding carboxylic acids is 2.